The number of halogens is 1. The van der Waals surface area contributed by atoms with Crippen LogP contribution in [0.5, 0.6) is 5.75 Å². The van der Waals surface area contributed by atoms with E-state index in [2.05, 4.69) is 25.7 Å². The van der Waals surface area contributed by atoms with Crippen LogP contribution < -0.4 is 15.4 Å². The molecule has 0 aliphatic carbocycles. The zero-order valence-electron chi connectivity index (χ0n) is 17.3. The Bertz CT molecular complexity index is 1020. The normalized spacial score (nSPS) is 10.7. The lowest BCUT2D eigenvalue weighted by atomic mass is 10.1. The number of hydrogen-bond acceptors (Lipinski definition) is 6. The van der Waals surface area contributed by atoms with Gasteiger partial charge < -0.3 is 15.4 Å². The molecule has 8 nitrogen and oxygen atoms in total. The highest BCUT2D eigenvalue weighted by molar-refractivity contribution is 5.75. The molecule has 0 aliphatic rings. The van der Waals surface area contributed by atoms with Gasteiger partial charge in [-0.3, -0.25) is 9.48 Å². The molecule has 0 spiro atoms. The molecule has 2 N–H and O–H groups in total. The van der Waals surface area contributed by atoms with Crippen LogP contribution >= 0.6 is 0 Å². The standard InChI is InChI=1S/C21H25FN6O2/c1-4-8-30-18-7-6-15(9-17(18)22)20-14(3)10-24-21(27-20)26-16-11-25-28(12-16)13-19(29)23-5-2/h6-7,9-12H,4-5,8,13H2,1-3H3,(H,23,29)(H,24,26,27). The fourth-order valence-corrected chi connectivity index (χ4v) is 2.82. The van der Waals surface area contributed by atoms with Crippen LogP contribution in [0.25, 0.3) is 11.3 Å². The van der Waals surface area contributed by atoms with Crippen molar-refractivity contribution in [2.75, 3.05) is 18.5 Å². The predicted molar refractivity (Wildman–Crippen MR) is 112 cm³/mol. The van der Waals surface area contributed by atoms with Crippen molar-refractivity contribution in [2.45, 2.75) is 33.7 Å². The average molecular weight is 412 g/mol. The third-order valence-electron chi connectivity index (χ3n) is 4.21. The Morgan fingerprint density at radius 1 is 1.27 bits per heavy atom. The van der Waals surface area contributed by atoms with Crippen LogP contribution in [0.1, 0.15) is 25.8 Å². The summed E-state index contributed by atoms with van der Waals surface area (Å²) in [5.41, 5.74) is 2.70. The van der Waals surface area contributed by atoms with E-state index in [0.717, 1.165) is 12.0 Å². The molecule has 0 bridgehead atoms. The molecule has 0 atom stereocenters. The van der Waals surface area contributed by atoms with E-state index in [4.69, 9.17) is 4.74 Å². The fraction of sp³-hybridized carbons (Fsp3) is 0.333. The van der Waals surface area contributed by atoms with Crippen molar-refractivity contribution in [2.24, 2.45) is 0 Å². The summed E-state index contributed by atoms with van der Waals surface area (Å²) in [6, 6.07) is 4.80. The van der Waals surface area contributed by atoms with Gasteiger partial charge in [0.05, 0.1) is 24.2 Å². The predicted octanol–water partition coefficient (Wildman–Crippen LogP) is 3.46. The number of aromatic nitrogens is 4. The maximum absolute atomic E-state index is 14.4. The topological polar surface area (TPSA) is 94.0 Å². The molecule has 1 aromatic carbocycles. The molecular formula is C21H25FN6O2. The molecule has 30 heavy (non-hydrogen) atoms. The van der Waals surface area contributed by atoms with Crippen molar-refractivity contribution in [3.8, 4) is 17.0 Å². The lowest BCUT2D eigenvalue weighted by molar-refractivity contribution is -0.121. The number of amides is 1. The molecule has 0 unspecified atom stereocenters. The molecular weight excluding hydrogens is 387 g/mol. The molecule has 3 aromatic rings. The number of nitrogens with zero attached hydrogens (tertiary/aromatic N) is 4. The first kappa shape index (κ1) is 21.2. The molecule has 0 fully saturated rings. The SMILES string of the molecule is CCCOc1ccc(-c2nc(Nc3cnn(CC(=O)NCC)c3)ncc2C)cc1F. The second kappa shape index (κ2) is 9.82. The lowest BCUT2D eigenvalue weighted by Crippen LogP contribution is -2.27. The van der Waals surface area contributed by atoms with Crippen molar-refractivity contribution in [1.82, 2.24) is 25.1 Å². The molecule has 0 radical (unpaired) electrons. The van der Waals surface area contributed by atoms with Crippen LogP contribution in [0.2, 0.25) is 0 Å². The first-order chi connectivity index (χ1) is 14.5. The number of benzene rings is 1. The van der Waals surface area contributed by atoms with Gasteiger partial charge in [0.2, 0.25) is 11.9 Å². The molecule has 1 amide bonds. The van der Waals surface area contributed by atoms with Gasteiger partial charge in [-0.25, -0.2) is 14.4 Å². The molecule has 0 aliphatic heterocycles. The Hall–Kier alpha value is -3.49. The Morgan fingerprint density at radius 3 is 2.83 bits per heavy atom. The minimum Gasteiger partial charge on any atom is -0.491 e. The van der Waals surface area contributed by atoms with E-state index in [9.17, 15) is 9.18 Å². The maximum Gasteiger partial charge on any atom is 0.241 e. The first-order valence-electron chi connectivity index (χ1n) is 9.82. The van der Waals surface area contributed by atoms with Crippen LogP contribution in [0.3, 0.4) is 0 Å². The average Bonchev–Trinajstić information content (AvgIpc) is 3.15. The van der Waals surface area contributed by atoms with Gasteiger partial charge in [-0.05, 0) is 44.0 Å². The third-order valence-corrected chi connectivity index (χ3v) is 4.21. The Kier molecular flexibility index (Phi) is 6.95. The van der Waals surface area contributed by atoms with Crippen molar-refractivity contribution in [3.05, 3.63) is 48.2 Å². The van der Waals surface area contributed by atoms with Crippen LogP contribution in [0.15, 0.2) is 36.8 Å². The number of hydrogen-bond donors (Lipinski definition) is 2. The summed E-state index contributed by atoms with van der Waals surface area (Å²) in [6.45, 7) is 6.85. The smallest absolute Gasteiger partial charge is 0.241 e. The molecule has 0 saturated carbocycles. The summed E-state index contributed by atoms with van der Waals surface area (Å²) in [5, 5.41) is 9.94. The van der Waals surface area contributed by atoms with E-state index < -0.39 is 5.82 Å². The first-order valence-corrected chi connectivity index (χ1v) is 9.82. The van der Waals surface area contributed by atoms with Gasteiger partial charge in [-0.1, -0.05) is 6.92 Å². The summed E-state index contributed by atoms with van der Waals surface area (Å²) in [7, 11) is 0. The third kappa shape index (κ3) is 5.31. The Morgan fingerprint density at radius 2 is 2.10 bits per heavy atom. The number of ether oxygens (including phenoxy) is 1. The van der Waals surface area contributed by atoms with E-state index in [1.165, 1.54) is 10.7 Å². The summed E-state index contributed by atoms with van der Waals surface area (Å²) < 4.78 is 21.3. The Balaban J connectivity index is 1.77. The van der Waals surface area contributed by atoms with E-state index >= 15 is 0 Å². The monoisotopic (exact) mass is 412 g/mol. The highest BCUT2D eigenvalue weighted by Crippen LogP contribution is 2.27. The van der Waals surface area contributed by atoms with E-state index in [1.807, 2.05) is 20.8 Å². The van der Waals surface area contributed by atoms with Crippen molar-refractivity contribution < 1.29 is 13.9 Å². The molecule has 2 aromatic heterocycles. The fourth-order valence-electron chi connectivity index (χ4n) is 2.82. The van der Waals surface area contributed by atoms with Crippen LogP contribution in [-0.4, -0.2) is 38.8 Å². The zero-order chi connectivity index (χ0) is 21.5. The number of aryl methyl sites for hydroxylation is 1. The summed E-state index contributed by atoms with van der Waals surface area (Å²) >= 11 is 0. The molecule has 3 rings (SSSR count). The zero-order valence-corrected chi connectivity index (χ0v) is 17.3. The molecule has 158 valence electrons. The van der Waals surface area contributed by atoms with Crippen LogP contribution in [0.4, 0.5) is 16.0 Å². The summed E-state index contributed by atoms with van der Waals surface area (Å²) in [4.78, 5) is 20.5. The lowest BCUT2D eigenvalue weighted by Gasteiger charge is -2.10. The van der Waals surface area contributed by atoms with Crippen molar-refractivity contribution in [1.29, 1.82) is 0 Å². The minimum absolute atomic E-state index is 0.116. The van der Waals surface area contributed by atoms with Gasteiger partial charge in [-0.2, -0.15) is 5.10 Å². The van der Waals surface area contributed by atoms with Crippen molar-refractivity contribution >= 4 is 17.5 Å². The highest BCUT2D eigenvalue weighted by atomic mass is 19.1. The summed E-state index contributed by atoms with van der Waals surface area (Å²) in [5.74, 6) is 0.0274. The number of anilines is 2. The number of nitrogens with one attached hydrogen (secondary N) is 2. The highest BCUT2D eigenvalue weighted by Gasteiger charge is 2.12. The van der Waals surface area contributed by atoms with Crippen LogP contribution in [-0.2, 0) is 11.3 Å². The number of likely N-dealkylation sites (N-methyl/N-ethyl adjacent to an activating group) is 1. The van der Waals surface area contributed by atoms with Gasteiger partial charge >= 0.3 is 0 Å². The van der Waals surface area contributed by atoms with Gasteiger partial charge in [0.15, 0.2) is 11.6 Å². The van der Waals surface area contributed by atoms with E-state index in [-0.39, 0.29) is 18.2 Å². The quantitative estimate of drug-likeness (QED) is 0.559. The minimum atomic E-state index is -0.430. The largest absolute Gasteiger partial charge is 0.491 e. The molecule has 0 saturated heterocycles. The second-order valence-corrected chi connectivity index (χ2v) is 6.72. The number of carbonyl (C=O) groups excluding carboxylic acids is 1. The van der Waals surface area contributed by atoms with Crippen LogP contribution in [0, 0.1) is 12.7 Å². The summed E-state index contributed by atoms with van der Waals surface area (Å²) in [6.07, 6.45) is 5.75. The second-order valence-electron chi connectivity index (χ2n) is 6.72. The van der Waals surface area contributed by atoms with Gasteiger partial charge in [0.1, 0.15) is 6.54 Å². The van der Waals surface area contributed by atoms with Crippen molar-refractivity contribution in [3.63, 3.8) is 0 Å². The van der Waals surface area contributed by atoms with E-state index in [1.54, 1.807) is 30.7 Å². The van der Waals surface area contributed by atoms with Gasteiger partial charge in [-0.15, -0.1) is 0 Å². The van der Waals surface area contributed by atoms with E-state index in [0.29, 0.717) is 36.0 Å². The Labute approximate surface area is 174 Å². The molecule has 9 heteroatoms. The number of carbonyl (C=O) groups is 1. The van der Waals surface area contributed by atoms with Gasteiger partial charge in [0.25, 0.3) is 0 Å². The molecule has 2 heterocycles. The number of rotatable bonds is 9. The van der Waals surface area contributed by atoms with Gasteiger partial charge in [0, 0.05) is 24.5 Å². The maximum atomic E-state index is 14.4.